The molecular formula is C23H32N6OS. The van der Waals surface area contributed by atoms with Crippen molar-refractivity contribution in [1.29, 1.82) is 0 Å². The maximum absolute atomic E-state index is 13.4. The molecule has 0 amide bonds. The van der Waals surface area contributed by atoms with Gasteiger partial charge in [-0.3, -0.25) is 0 Å². The Bertz CT molecular complexity index is 1100. The number of hydrogen-bond donors (Lipinski definition) is 1. The van der Waals surface area contributed by atoms with E-state index in [4.69, 9.17) is 4.99 Å². The van der Waals surface area contributed by atoms with Crippen molar-refractivity contribution < 1.29 is 4.21 Å². The van der Waals surface area contributed by atoms with Crippen molar-refractivity contribution in [3.63, 3.8) is 0 Å². The molecule has 1 aromatic carbocycles. The third-order valence-corrected chi connectivity index (χ3v) is 7.11. The smallest absolute Gasteiger partial charge is 0.154 e. The van der Waals surface area contributed by atoms with Crippen LogP contribution in [0.3, 0.4) is 0 Å². The highest BCUT2D eigenvalue weighted by Gasteiger charge is 2.21. The molecule has 0 aliphatic carbocycles. The second-order valence-corrected chi connectivity index (χ2v) is 10.4. The van der Waals surface area contributed by atoms with Gasteiger partial charge in [0.15, 0.2) is 5.82 Å². The molecule has 166 valence electrons. The van der Waals surface area contributed by atoms with Gasteiger partial charge in [0.05, 0.1) is 15.4 Å². The van der Waals surface area contributed by atoms with Crippen LogP contribution >= 0.6 is 0 Å². The fourth-order valence-electron chi connectivity index (χ4n) is 3.65. The Labute approximate surface area is 185 Å². The number of likely N-dealkylation sites (tertiary alicyclic amines) is 1. The Balaban J connectivity index is 1.92. The van der Waals surface area contributed by atoms with Crippen LogP contribution in [0, 0.1) is 12.8 Å². The van der Waals surface area contributed by atoms with Gasteiger partial charge >= 0.3 is 0 Å². The molecule has 1 saturated heterocycles. The normalized spacial score (nSPS) is 19.2. The molecule has 2 heterocycles. The molecule has 1 aliphatic heterocycles. The van der Waals surface area contributed by atoms with Crippen LogP contribution in [0.15, 0.2) is 59.0 Å². The predicted molar refractivity (Wildman–Crippen MR) is 130 cm³/mol. The number of benzene rings is 1. The summed E-state index contributed by atoms with van der Waals surface area (Å²) in [6.45, 7) is 12.7. The molecule has 3 rings (SSSR count). The number of aliphatic imine (C=N–C) groups is 1. The first kappa shape index (κ1) is 23.1. The molecule has 7 nitrogen and oxygen atoms in total. The summed E-state index contributed by atoms with van der Waals surface area (Å²) in [6, 6.07) is 5.74. The predicted octanol–water partition coefficient (Wildman–Crippen LogP) is 3.00. The molecule has 0 saturated carbocycles. The first-order chi connectivity index (χ1) is 14.7. The van der Waals surface area contributed by atoms with Gasteiger partial charge in [-0.1, -0.05) is 12.6 Å². The Morgan fingerprint density at radius 1 is 1.42 bits per heavy atom. The quantitative estimate of drug-likeness (QED) is 0.506. The Kier molecular flexibility index (Phi) is 7.25. The summed E-state index contributed by atoms with van der Waals surface area (Å²) in [5, 5.41) is 4.20. The van der Waals surface area contributed by atoms with Crippen LogP contribution in [0.5, 0.6) is 0 Å². The summed E-state index contributed by atoms with van der Waals surface area (Å²) in [5.74, 6) is 5.18. The Morgan fingerprint density at radius 3 is 2.77 bits per heavy atom. The van der Waals surface area contributed by atoms with E-state index in [1.165, 1.54) is 6.33 Å². The number of nitrogens with one attached hydrogen (secondary N) is 1. The monoisotopic (exact) mass is 440 g/mol. The summed E-state index contributed by atoms with van der Waals surface area (Å²) in [5.41, 5.74) is 3.55. The highest BCUT2D eigenvalue weighted by molar-refractivity contribution is 7.98. The molecule has 0 spiro atoms. The first-order valence-electron chi connectivity index (χ1n) is 10.4. The van der Waals surface area contributed by atoms with Crippen molar-refractivity contribution in [1.82, 2.24) is 24.4 Å². The summed E-state index contributed by atoms with van der Waals surface area (Å²) in [7, 11) is -0.517. The molecule has 8 heteroatoms. The van der Waals surface area contributed by atoms with Gasteiger partial charge in [-0.2, -0.15) is 5.10 Å². The van der Waals surface area contributed by atoms with Gasteiger partial charge in [0, 0.05) is 23.5 Å². The molecule has 1 aliphatic rings. The summed E-state index contributed by atoms with van der Waals surface area (Å²) in [4.78, 5) is 11.8. The van der Waals surface area contributed by atoms with Gasteiger partial charge in [-0.25, -0.2) is 23.6 Å². The third-order valence-electron chi connectivity index (χ3n) is 5.46. The van der Waals surface area contributed by atoms with Gasteiger partial charge in [0.1, 0.15) is 12.7 Å². The van der Waals surface area contributed by atoms with Crippen molar-refractivity contribution in [2.45, 2.75) is 32.1 Å². The molecule has 1 aromatic heterocycles. The van der Waals surface area contributed by atoms with Gasteiger partial charge in [-0.15, -0.1) is 0 Å². The van der Waals surface area contributed by atoms with E-state index < -0.39 is 9.71 Å². The number of rotatable bonds is 8. The fraction of sp³-hybridized carbons (Fsp3) is 0.391. The molecule has 0 radical (unpaired) electrons. The van der Waals surface area contributed by atoms with Gasteiger partial charge in [-0.05, 0) is 81.9 Å². The van der Waals surface area contributed by atoms with E-state index in [2.05, 4.69) is 39.2 Å². The van der Waals surface area contributed by atoms with Crippen molar-refractivity contribution in [2.75, 3.05) is 26.7 Å². The van der Waals surface area contributed by atoms with Crippen molar-refractivity contribution in [2.24, 2.45) is 10.9 Å². The standard InChI is InChI=1S/C23H32N6OS/c1-7-22(27-23(17(2)3)29-16-24-15-25-29)21-12-20(9-8-18(21)4)31(6,30)26-13-19-10-11-28(5)14-19/h7-9,12,15-16,19H,1,6,10-11,13-14H2,2-5H3,(H,26,30)/b27-22+. The zero-order valence-electron chi connectivity index (χ0n) is 18.8. The number of aryl methyl sites for hydroxylation is 1. The lowest BCUT2D eigenvalue weighted by molar-refractivity contribution is 0.395. The lowest BCUT2D eigenvalue weighted by Crippen LogP contribution is -2.30. The Morgan fingerprint density at radius 2 is 2.19 bits per heavy atom. The zero-order valence-corrected chi connectivity index (χ0v) is 19.7. The molecule has 2 atom stereocenters. The van der Waals surface area contributed by atoms with Crippen LogP contribution in [0.4, 0.5) is 0 Å². The van der Waals surface area contributed by atoms with E-state index in [1.807, 2.05) is 39.0 Å². The van der Waals surface area contributed by atoms with Crippen LogP contribution in [0.25, 0.3) is 5.82 Å². The summed E-state index contributed by atoms with van der Waals surface area (Å²) in [6.07, 6.45) is 5.91. The van der Waals surface area contributed by atoms with E-state index in [9.17, 15) is 4.21 Å². The highest BCUT2D eigenvalue weighted by Crippen LogP contribution is 2.21. The number of aromatic nitrogens is 3. The average Bonchev–Trinajstić information content (AvgIpc) is 3.39. The SMILES string of the molecule is C=C/C(=N\C(=C(C)C)n1cncn1)c1cc(S(=C)(=O)NCC2CCN(C)C2)ccc1C. The first-order valence-corrected chi connectivity index (χ1v) is 12.1. The van der Waals surface area contributed by atoms with Gasteiger partial charge in [0.2, 0.25) is 0 Å². The second kappa shape index (κ2) is 9.72. The lowest BCUT2D eigenvalue weighted by atomic mass is 10.0. The van der Waals surface area contributed by atoms with Crippen molar-refractivity contribution in [3.05, 3.63) is 60.2 Å². The van der Waals surface area contributed by atoms with E-state index in [0.717, 1.165) is 36.2 Å². The average molecular weight is 441 g/mol. The minimum Gasteiger partial charge on any atom is -0.306 e. The molecule has 0 bridgehead atoms. The minimum absolute atomic E-state index is 0.491. The number of allylic oxidation sites excluding steroid dienone is 2. The topological polar surface area (TPSA) is 75.4 Å². The van der Waals surface area contributed by atoms with Gasteiger partial charge < -0.3 is 4.90 Å². The van der Waals surface area contributed by atoms with Crippen LogP contribution in [0.2, 0.25) is 0 Å². The summed E-state index contributed by atoms with van der Waals surface area (Å²) < 4.78 is 18.2. The van der Waals surface area contributed by atoms with Gasteiger partial charge in [0.25, 0.3) is 0 Å². The molecule has 2 aromatic rings. The maximum atomic E-state index is 13.4. The molecule has 31 heavy (non-hydrogen) atoms. The third kappa shape index (κ3) is 5.58. The lowest BCUT2D eigenvalue weighted by Gasteiger charge is -2.17. The van der Waals surface area contributed by atoms with Crippen LogP contribution in [-0.4, -0.2) is 62.1 Å². The number of nitrogens with zero attached hydrogens (tertiary/aromatic N) is 5. The fourth-order valence-corrected chi connectivity index (χ4v) is 4.92. The Hall–Kier alpha value is -2.55. The van der Waals surface area contributed by atoms with E-state index in [0.29, 0.717) is 28.9 Å². The minimum atomic E-state index is -2.63. The zero-order chi connectivity index (χ0) is 22.6. The highest BCUT2D eigenvalue weighted by atomic mass is 32.2. The molecular weight excluding hydrogens is 408 g/mol. The second-order valence-electron chi connectivity index (χ2n) is 8.28. The number of hydrogen-bond acceptors (Lipinski definition) is 5. The molecule has 2 unspecified atom stereocenters. The van der Waals surface area contributed by atoms with E-state index >= 15 is 0 Å². The van der Waals surface area contributed by atoms with Crippen LogP contribution in [0.1, 0.15) is 31.4 Å². The van der Waals surface area contributed by atoms with Crippen molar-refractivity contribution in [3.8, 4) is 0 Å². The van der Waals surface area contributed by atoms with E-state index in [-0.39, 0.29) is 0 Å². The molecule has 1 fully saturated rings. The largest absolute Gasteiger partial charge is 0.306 e. The van der Waals surface area contributed by atoms with Crippen LogP contribution in [-0.2, 0) is 9.71 Å². The molecule has 1 N–H and O–H groups in total. The van der Waals surface area contributed by atoms with Crippen molar-refractivity contribution >= 4 is 27.1 Å². The van der Waals surface area contributed by atoms with Crippen LogP contribution < -0.4 is 4.72 Å². The van der Waals surface area contributed by atoms with E-state index in [1.54, 1.807) is 17.1 Å². The maximum Gasteiger partial charge on any atom is 0.154 e. The summed E-state index contributed by atoms with van der Waals surface area (Å²) >= 11 is 0.